The van der Waals surface area contributed by atoms with E-state index in [1.54, 1.807) is 13.1 Å². The molecule has 1 aromatic heterocycles. The number of para-hydroxylation sites is 1. The Kier molecular flexibility index (Phi) is 4.32. The number of anilines is 3. The Balaban J connectivity index is 2.57. The van der Waals surface area contributed by atoms with Crippen molar-refractivity contribution in [1.82, 2.24) is 9.97 Å². The van der Waals surface area contributed by atoms with Gasteiger partial charge in [0.2, 0.25) is 11.8 Å². The molecule has 0 bridgehead atoms. The highest BCUT2D eigenvalue weighted by atomic mass is 79.9. The summed E-state index contributed by atoms with van der Waals surface area (Å²) < 4.78 is 14.3. The van der Waals surface area contributed by atoms with Crippen LogP contribution >= 0.6 is 15.9 Å². The Morgan fingerprint density at radius 1 is 1.38 bits per heavy atom. The summed E-state index contributed by atoms with van der Waals surface area (Å²) in [5, 5.41) is 16.5. The second-order valence-electron chi connectivity index (χ2n) is 4.06. The number of aromatic nitrogens is 2. The van der Waals surface area contributed by atoms with Crippen LogP contribution in [0.1, 0.15) is 5.69 Å². The third kappa shape index (κ3) is 3.07. The maximum Gasteiger partial charge on any atom is 0.332 e. The van der Waals surface area contributed by atoms with Crippen LogP contribution in [0, 0.1) is 22.9 Å². The van der Waals surface area contributed by atoms with Crippen LogP contribution in [-0.2, 0) is 0 Å². The average Bonchev–Trinajstić information content (AvgIpc) is 2.42. The van der Waals surface area contributed by atoms with Gasteiger partial charge in [-0.05, 0) is 35.0 Å². The van der Waals surface area contributed by atoms with E-state index in [0.717, 1.165) is 0 Å². The standard InChI is InChI=1S/C12H11BrFN5O2/c1-6-10(19(20)21)11(18-12(15-2)16-6)17-9-7(13)4-3-5-8(9)14/h3-5H,1-2H3,(H2,15,16,17,18). The van der Waals surface area contributed by atoms with Crippen molar-refractivity contribution in [3.05, 3.63) is 44.3 Å². The van der Waals surface area contributed by atoms with E-state index >= 15 is 0 Å². The number of halogens is 2. The predicted octanol–water partition coefficient (Wildman–Crippen LogP) is 3.38. The fourth-order valence-corrected chi connectivity index (χ4v) is 2.16. The zero-order valence-electron chi connectivity index (χ0n) is 11.1. The third-order valence-corrected chi connectivity index (χ3v) is 3.33. The molecule has 9 heteroatoms. The van der Waals surface area contributed by atoms with E-state index in [9.17, 15) is 14.5 Å². The maximum absolute atomic E-state index is 13.8. The Hall–Kier alpha value is -2.29. The smallest absolute Gasteiger partial charge is 0.332 e. The van der Waals surface area contributed by atoms with Gasteiger partial charge >= 0.3 is 5.69 Å². The minimum absolute atomic E-state index is 0.0701. The molecule has 2 rings (SSSR count). The molecule has 7 nitrogen and oxygen atoms in total. The molecule has 1 aromatic carbocycles. The summed E-state index contributed by atoms with van der Waals surface area (Å²) in [4.78, 5) is 18.5. The van der Waals surface area contributed by atoms with E-state index in [0.29, 0.717) is 4.47 Å². The topological polar surface area (TPSA) is 93.0 Å². The molecule has 0 amide bonds. The molecule has 0 saturated carbocycles. The van der Waals surface area contributed by atoms with Crippen LogP contribution in [0.2, 0.25) is 0 Å². The Morgan fingerprint density at radius 3 is 2.67 bits per heavy atom. The van der Waals surface area contributed by atoms with E-state index < -0.39 is 10.7 Å². The van der Waals surface area contributed by atoms with Crippen molar-refractivity contribution in [3.8, 4) is 0 Å². The van der Waals surface area contributed by atoms with Crippen molar-refractivity contribution >= 4 is 39.1 Å². The first kappa shape index (κ1) is 15.1. The lowest BCUT2D eigenvalue weighted by Gasteiger charge is -2.11. The van der Waals surface area contributed by atoms with E-state index in [1.807, 2.05) is 0 Å². The molecule has 0 radical (unpaired) electrons. The summed E-state index contributed by atoms with van der Waals surface area (Å²) in [5.41, 5.74) is -0.0563. The first-order valence-corrected chi connectivity index (χ1v) is 6.65. The lowest BCUT2D eigenvalue weighted by molar-refractivity contribution is -0.385. The summed E-state index contributed by atoms with van der Waals surface area (Å²) in [6.07, 6.45) is 0. The summed E-state index contributed by atoms with van der Waals surface area (Å²) in [5.74, 6) is -0.434. The fourth-order valence-electron chi connectivity index (χ4n) is 1.72. The molecule has 110 valence electrons. The van der Waals surface area contributed by atoms with Gasteiger partial charge in [-0.1, -0.05) is 6.07 Å². The molecule has 0 spiro atoms. The highest BCUT2D eigenvalue weighted by Gasteiger charge is 2.23. The average molecular weight is 356 g/mol. The second-order valence-corrected chi connectivity index (χ2v) is 4.91. The molecule has 0 aliphatic rings. The monoisotopic (exact) mass is 355 g/mol. The van der Waals surface area contributed by atoms with Gasteiger partial charge in [-0.15, -0.1) is 0 Å². The third-order valence-electron chi connectivity index (χ3n) is 2.67. The highest BCUT2D eigenvalue weighted by molar-refractivity contribution is 9.10. The first-order valence-electron chi connectivity index (χ1n) is 5.86. The number of benzene rings is 1. The molecule has 1 heterocycles. The molecule has 2 aromatic rings. The molecule has 0 fully saturated rings. The quantitative estimate of drug-likeness (QED) is 0.644. The number of hydrogen-bond donors (Lipinski definition) is 2. The maximum atomic E-state index is 13.8. The number of aryl methyl sites for hydroxylation is 1. The number of hydrogen-bond acceptors (Lipinski definition) is 6. The number of nitro groups is 1. The largest absolute Gasteiger partial charge is 0.357 e. The summed E-state index contributed by atoms with van der Waals surface area (Å²) >= 11 is 3.19. The summed E-state index contributed by atoms with van der Waals surface area (Å²) in [6, 6.07) is 4.37. The van der Waals surface area contributed by atoms with Gasteiger partial charge in [0.25, 0.3) is 0 Å². The van der Waals surface area contributed by atoms with Gasteiger partial charge < -0.3 is 10.6 Å². The Labute approximate surface area is 127 Å². The molecular weight excluding hydrogens is 345 g/mol. The fraction of sp³-hybridized carbons (Fsp3) is 0.167. The first-order chi connectivity index (χ1) is 9.93. The minimum Gasteiger partial charge on any atom is -0.357 e. The SMILES string of the molecule is CNc1nc(C)c([N+](=O)[O-])c(Nc2c(F)cccc2Br)n1. The Morgan fingerprint density at radius 2 is 2.10 bits per heavy atom. The van der Waals surface area contributed by atoms with Crippen LogP contribution in [0.4, 0.5) is 27.5 Å². The van der Waals surface area contributed by atoms with E-state index in [1.165, 1.54) is 19.1 Å². The zero-order valence-corrected chi connectivity index (χ0v) is 12.7. The molecule has 0 atom stereocenters. The normalized spacial score (nSPS) is 10.3. The van der Waals surface area contributed by atoms with Crippen molar-refractivity contribution in [2.45, 2.75) is 6.92 Å². The van der Waals surface area contributed by atoms with Crippen molar-refractivity contribution in [3.63, 3.8) is 0 Å². The molecule has 0 saturated heterocycles. The highest BCUT2D eigenvalue weighted by Crippen LogP contribution is 2.33. The number of nitrogens with zero attached hydrogens (tertiary/aromatic N) is 3. The lowest BCUT2D eigenvalue weighted by Crippen LogP contribution is -2.08. The number of nitrogens with one attached hydrogen (secondary N) is 2. The van der Waals surface area contributed by atoms with Gasteiger partial charge in [-0.2, -0.15) is 4.98 Å². The van der Waals surface area contributed by atoms with Crippen molar-refractivity contribution in [2.24, 2.45) is 0 Å². The molecule has 0 unspecified atom stereocenters. The molecular formula is C12H11BrFN5O2. The van der Waals surface area contributed by atoms with E-state index in [2.05, 4.69) is 36.5 Å². The van der Waals surface area contributed by atoms with Gasteiger partial charge in [0, 0.05) is 11.5 Å². The van der Waals surface area contributed by atoms with Gasteiger partial charge in [-0.3, -0.25) is 10.1 Å². The van der Waals surface area contributed by atoms with E-state index in [4.69, 9.17) is 0 Å². The van der Waals surface area contributed by atoms with Crippen molar-refractivity contribution in [2.75, 3.05) is 17.7 Å². The Bertz CT molecular complexity index is 690. The number of rotatable bonds is 4. The summed E-state index contributed by atoms with van der Waals surface area (Å²) in [6.45, 7) is 1.49. The van der Waals surface area contributed by atoms with Gasteiger partial charge in [0.05, 0.1) is 10.6 Å². The second kappa shape index (κ2) is 6.00. The van der Waals surface area contributed by atoms with Crippen LogP contribution in [-0.4, -0.2) is 21.9 Å². The van der Waals surface area contributed by atoms with Gasteiger partial charge in [0.1, 0.15) is 11.5 Å². The van der Waals surface area contributed by atoms with Crippen molar-refractivity contribution < 1.29 is 9.31 Å². The van der Waals surface area contributed by atoms with E-state index in [-0.39, 0.29) is 28.8 Å². The van der Waals surface area contributed by atoms with Crippen LogP contribution < -0.4 is 10.6 Å². The van der Waals surface area contributed by atoms with Crippen LogP contribution in [0.25, 0.3) is 0 Å². The molecule has 2 N–H and O–H groups in total. The van der Waals surface area contributed by atoms with Gasteiger partial charge in [-0.25, -0.2) is 9.37 Å². The molecule has 0 aliphatic carbocycles. The zero-order chi connectivity index (χ0) is 15.6. The predicted molar refractivity (Wildman–Crippen MR) is 80.4 cm³/mol. The van der Waals surface area contributed by atoms with Crippen LogP contribution in [0.5, 0.6) is 0 Å². The lowest BCUT2D eigenvalue weighted by atomic mass is 10.3. The van der Waals surface area contributed by atoms with Crippen LogP contribution in [0.3, 0.4) is 0 Å². The molecule has 0 aliphatic heterocycles. The van der Waals surface area contributed by atoms with Crippen LogP contribution in [0.15, 0.2) is 22.7 Å². The van der Waals surface area contributed by atoms with Gasteiger partial charge in [0.15, 0.2) is 0 Å². The summed E-state index contributed by atoms with van der Waals surface area (Å²) in [7, 11) is 1.59. The minimum atomic E-state index is -0.605. The van der Waals surface area contributed by atoms with Crippen molar-refractivity contribution in [1.29, 1.82) is 0 Å². The molecule has 21 heavy (non-hydrogen) atoms.